The van der Waals surface area contributed by atoms with E-state index in [2.05, 4.69) is 0 Å². The normalized spacial score (nSPS) is 11.3. The van der Waals surface area contributed by atoms with Crippen LogP contribution >= 0.6 is 0 Å². The Balaban J connectivity index is 3.39. The quantitative estimate of drug-likeness (QED) is 0.495. The Bertz CT molecular complexity index is 460. The van der Waals surface area contributed by atoms with Gasteiger partial charge in [-0.1, -0.05) is 20.8 Å². The molecule has 0 saturated heterocycles. The van der Waals surface area contributed by atoms with Crippen LogP contribution in [0.4, 0.5) is 5.69 Å². The summed E-state index contributed by atoms with van der Waals surface area (Å²) >= 11 is 0. The molecular formula is C12H15NO4. The lowest BCUT2D eigenvalue weighted by Gasteiger charge is -2.19. The molecule has 1 aromatic rings. The van der Waals surface area contributed by atoms with Crippen molar-refractivity contribution in [1.29, 1.82) is 0 Å². The number of rotatable bonds is 3. The van der Waals surface area contributed by atoms with Gasteiger partial charge in [-0.2, -0.15) is 0 Å². The molecule has 1 aromatic carbocycles. The van der Waals surface area contributed by atoms with Crippen LogP contribution in [0.5, 0.6) is 0 Å². The van der Waals surface area contributed by atoms with Crippen LogP contribution in [0.1, 0.15) is 36.7 Å². The molecule has 0 heterocycles. The summed E-state index contributed by atoms with van der Waals surface area (Å²) in [4.78, 5) is 21.6. The highest BCUT2D eigenvalue weighted by Gasteiger charge is 2.20. The number of aliphatic hydroxyl groups excluding tert-OH is 1. The molecule has 0 fully saturated rings. The lowest BCUT2D eigenvalue weighted by Crippen LogP contribution is -2.14. The maximum absolute atomic E-state index is 11.4. The molecule has 0 unspecified atom stereocenters. The summed E-state index contributed by atoms with van der Waals surface area (Å²) in [6.07, 6.45) is 0. The number of Topliss-reactive ketones (excluding diaryl/α,β-unsaturated/α-hetero) is 1. The van der Waals surface area contributed by atoms with E-state index in [0.29, 0.717) is 5.56 Å². The average molecular weight is 237 g/mol. The monoisotopic (exact) mass is 237 g/mol. The maximum atomic E-state index is 11.4. The first kappa shape index (κ1) is 13.3. The number of hydrogen-bond donors (Lipinski definition) is 1. The summed E-state index contributed by atoms with van der Waals surface area (Å²) in [6, 6.07) is 4.23. The minimum Gasteiger partial charge on any atom is -0.388 e. The number of nitro benzene ring substituents is 1. The van der Waals surface area contributed by atoms with Gasteiger partial charge in [0.2, 0.25) is 0 Å². The number of nitrogens with zero attached hydrogens (tertiary/aromatic N) is 1. The maximum Gasteiger partial charge on any atom is 0.270 e. The van der Waals surface area contributed by atoms with Gasteiger partial charge in [-0.15, -0.1) is 0 Å². The summed E-state index contributed by atoms with van der Waals surface area (Å²) in [7, 11) is 0. The molecule has 1 N–H and O–H groups in total. The van der Waals surface area contributed by atoms with Crippen molar-refractivity contribution in [1.82, 2.24) is 0 Å². The zero-order chi connectivity index (χ0) is 13.2. The molecule has 0 aliphatic rings. The van der Waals surface area contributed by atoms with E-state index in [1.165, 1.54) is 12.1 Å². The third-order valence-electron chi connectivity index (χ3n) is 2.46. The molecule has 0 atom stereocenters. The molecule has 0 aromatic heterocycles. The Hall–Kier alpha value is -1.75. The molecule has 0 spiro atoms. The zero-order valence-electron chi connectivity index (χ0n) is 10.1. The Morgan fingerprint density at radius 3 is 2.35 bits per heavy atom. The number of benzene rings is 1. The van der Waals surface area contributed by atoms with Gasteiger partial charge in [0, 0.05) is 17.7 Å². The number of hydrogen-bond acceptors (Lipinski definition) is 4. The highest BCUT2D eigenvalue weighted by atomic mass is 16.6. The molecule has 5 heteroatoms. The second kappa shape index (κ2) is 4.63. The van der Waals surface area contributed by atoms with Crippen LogP contribution in [-0.4, -0.2) is 22.4 Å². The first-order chi connectivity index (χ1) is 7.75. The summed E-state index contributed by atoms with van der Waals surface area (Å²) in [6.45, 7) is 5.06. The number of nitro groups is 1. The van der Waals surface area contributed by atoms with Crippen LogP contribution < -0.4 is 0 Å². The second-order valence-corrected chi connectivity index (χ2v) is 4.86. The third-order valence-corrected chi connectivity index (χ3v) is 2.46. The first-order valence-electron chi connectivity index (χ1n) is 5.19. The molecule has 0 radical (unpaired) electrons. The van der Waals surface area contributed by atoms with E-state index in [0.717, 1.165) is 0 Å². The molecule has 17 heavy (non-hydrogen) atoms. The number of carbonyl (C=O) groups is 1. The molecule has 1 rings (SSSR count). The van der Waals surface area contributed by atoms with Gasteiger partial charge in [-0.25, -0.2) is 0 Å². The topological polar surface area (TPSA) is 80.4 Å². The fourth-order valence-corrected chi connectivity index (χ4v) is 1.40. The van der Waals surface area contributed by atoms with E-state index in [1.807, 2.05) is 20.8 Å². The minimum absolute atomic E-state index is 0.130. The zero-order valence-corrected chi connectivity index (χ0v) is 10.1. The van der Waals surface area contributed by atoms with Crippen molar-refractivity contribution < 1.29 is 14.8 Å². The molecule has 5 nitrogen and oxygen atoms in total. The fraction of sp³-hybridized carbons (Fsp3) is 0.417. The SMILES string of the molecule is CC(C)(C)c1cc(C(=O)CO)cc([N+](=O)[O-])c1. The highest BCUT2D eigenvalue weighted by molar-refractivity contribution is 5.97. The van der Waals surface area contributed by atoms with Gasteiger partial charge in [0.05, 0.1) is 4.92 Å². The highest BCUT2D eigenvalue weighted by Crippen LogP contribution is 2.27. The molecule has 0 aliphatic heterocycles. The summed E-state index contributed by atoms with van der Waals surface area (Å²) in [5.41, 5.74) is 0.445. The third kappa shape index (κ3) is 3.10. The predicted octanol–water partition coefficient (Wildman–Crippen LogP) is 2.07. The van der Waals surface area contributed by atoms with Crippen molar-refractivity contribution in [3.05, 3.63) is 39.4 Å². The van der Waals surface area contributed by atoms with Crippen molar-refractivity contribution in [2.24, 2.45) is 0 Å². The van der Waals surface area contributed by atoms with E-state index in [-0.39, 0.29) is 16.7 Å². The van der Waals surface area contributed by atoms with E-state index in [9.17, 15) is 14.9 Å². The predicted molar refractivity (Wildman–Crippen MR) is 63.2 cm³/mol. The smallest absolute Gasteiger partial charge is 0.270 e. The summed E-state index contributed by atoms with van der Waals surface area (Å²) in [5.74, 6) is -0.515. The van der Waals surface area contributed by atoms with Crippen LogP contribution in [0, 0.1) is 10.1 Å². The van der Waals surface area contributed by atoms with Crippen LogP contribution in [0.3, 0.4) is 0 Å². The molecule has 0 bridgehead atoms. The second-order valence-electron chi connectivity index (χ2n) is 4.86. The van der Waals surface area contributed by atoms with Crippen molar-refractivity contribution in [3.63, 3.8) is 0 Å². The van der Waals surface area contributed by atoms with E-state index in [1.54, 1.807) is 6.07 Å². The van der Waals surface area contributed by atoms with E-state index in [4.69, 9.17) is 5.11 Å². The Kier molecular flexibility index (Phi) is 3.63. The van der Waals surface area contributed by atoms with Crippen LogP contribution in [0.25, 0.3) is 0 Å². The van der Waals surface area contributed by atoms with Crippen molar-refractivity contribution in [2.75, 3.05) is 6.61 Å². The molecular weight excluding hydrogens is 222 g/mol. The lowest BCUT2D eigenvalue weighted by atomic mass is 9.85. The molecule has 0 amide bonds. The van der Waals surface area contributed by atoms with Gasteiger partial charge in [-0.3, -0.25) is 14.9 Å². The van der Waals surface area contributed by atoms with Crippen molar-refractivity contribution >= 4 is 11.5 Å². The van der Waals surface area contributed by atoms with Gasteiger partial charge in [-0.05, 0) is 17.0 Å². The Labute approximate surface area is 99.2 Å². The molecule has 0 saturated carbocycles. The number of non-ortho nitro benzene ring substituents is 1. The van der Waals surface area contributed by atoms with Gasteiger partial charge >= 0.3 is 0 Å². The average Bonchev–Trinajstić information content (AvgIpc) is 2.26. The summed E-state index contributed by atoms with van der Waals surface area (Å²) in [5, 5.41) is 19.6. The van der Waals surface area contributed by atoms with Crippen molar-refractivity contribution in [2.45, 2.75) is 26.2 Å². The summed E-state index contributed by atoms with van der Waals surface area (Å²) < 4.78 is 0. The number of aliphatic hydroxyl groups is 1. The van der Waals surface area contributed by atoms with Crippen LogP contribution in [-0.2, 0) is 5.41 Å². The lowest BCUT2D eigenvalue weighted by molar-refractivity contribution is -0.385. The minimum atomic E-state index is -0.648. The number of ketones is 1. The van der Waals surface area contributed by atoms with E-state index >= 15 is 0 Å². The van der Waals surface area contributed by atoms with Crippen molar-refractivity contribution in [3.8, 4) is 0 Å². The standard InChI is InChI=1S/C12H15NO4/c1-12(2,3)9-4-8(11(15)7-14)5-10(6-9)13(16)17/h4-6,14H,7H2,1-3H3. The number of carbonyl (C=O) groups excluding carboxylic acids is 1. The fourth-order valence-electron chi connectivity index (χ4n) is 1.40. The molecule has 0 aliphatic carbocycles. The van der Waals surface area contributed by atoms with Gasteiger partial charge in [0.25, 0.3) is 5.69 Å². The van der Waals surface area contributed by atoms with Gasteiger partial charge in [0.15, 0.2) is 5.78 Å². The van der Waals surface area contributed by atoms with Crippen LogP contribution in [0.2, 0.25) is 0 Å². The Morgan fingerprint density at radius 1 is 1.35 bits per heavy atom. The van der Waals surface area contributed by atoms with Crippen LogP contribution in [0.15, 0.2) is 18.2 Å². The molecule has 92 valence electrons. The first-order valence-corrected chi connectivity index (χ1v) is 5.19. The van der Waals surface area contributed by atoms with E-state index < -0.39 is 17.3 Å². The van der Waals surface area contributed by atoms with Gasteiger partial charge in [0.1, 0.15) is 6.61 Å². The largest absolute Gasteiger partial charge is 0.388 e. The Morgan fingerprint density at radius 2 is 1.94 bits per heavy atom. The van der Waals surface area contributed by atoms with Gasteiger partial charge < -0.3 is 5.11 Å².